The molecule has 0 bridgehead atoms. The van der Waals surface area contributed by atoms with E-state index in [0.29, 0.717) is 6.04 Å². The van der Waals surface area contributed by atoms with Crippen molar-refractivity contribution in [3.05, 3.63) is 29.8 Å². The van der Waals surface area contributed by atoms with Gasteiger partial charge < -0.3 is 9.64 Å². The van der Waals surface area contributed by atoms with Crippen molar-refractivity contribution in [1.82, 2.24) is 4.90 Å². The summed E-state index contributed by atoms with van der Waals surface area (Å²) in [5, 5.41) is 0. The van der Waals surface area contributed by atoms with E-state index >= 15 is 0 Å². The maximum atomic E-state index is 12.2. The summed E-state index contributed by atoms with van der Waals surface area (Å²) in [7, 11) is 1.86. The monoisotopic (exact) mass is 275 g/mol. The Morgan fingerprint density at radius 1 is 1.25 bits per heavy atom. The summed E-state index contributed by atoms with van der Waals surface area (Å²) in [6, 6.07) is 8.45. The molecule has 1 fully saturated rings. The minimum Gasteiger partial charge on any atom is -0.481 e. The lowest BCUT2D eigenvalue weighted by Gasteiger charge is -2.23. The van der Waals surface area contributed by atoms with Gasteiger partial charge in [-0.15, -0.1) is 0 Å². The summed E-state index contributed by atoms with van der Waals surface area (Å²) in [5.74, 6) is 0.815. The molecule has 1 aliphatic carbocycles. The van der Waals surface area contributed by atoms with Crippen LogP contribution in [0.2, 0.25) is 0 Å². The van der Waals surface area contributed by atoms with E-state index in [-0.39, 0.29) is 11.3 Å². The number of carbonyl (C=O) groups is 1. The van der Waals surface area contributed by atoms with Crippen LogP contribution in [0.5, 0.6) is 5.75 Å². The molecule has 1 aliphatic rings. The second-order valence-electron chi connectivity index (χ2n) is 6.71. The van der Waals surface area contributed by atoms with Gasteiger partial charge in [0.25, 0.3) is 5.91 Å². The Balaban J connectivity index is 1.97. The molecule has 0 spiro atoms. The zero-order chi connectivity index (χ0) is 14.9. The predicted octanol–water partition coefficient (Wildman–Crippen LogP) is 3.37. The summed E-state index contributed by atoms with van der Waals surface area (Å²) in [6.07, 6.45) is 1.81. The highest BCUT2D eigenvalue weighted by molar-refractivity contribution is 5.81. The molecule has 1 aromatic carbocycles. The third-order valence-electron chi connectivity index (χ3n) is 3.82. The van der Waals surface area contributed by atoms with Crippen LogP contribution in [0.3, 0.4) is 0 Å². The van der Waals surface area contributed by atoms with Gasteiger partial charge in [0.15, 0.2) is 6.10 Å². The molecule has 0 aliphatic heterocycles. The fourth-order valence-corrected chi connectivity index (χ4v) is 2.22. The standard InChI is InChI=1S/C17H25NO2/c1-12(16(19)18(5)14-8-9-14)20-15-10-6-13(7-11-15)17(2,3)4/h6-7,10-12,14H,8-9H2,1-5H3/t12-/m0/s1. The van der Waals surface area contributed by atoms with Crippen molar-refractivity contribution < 1.29 is 9.53 Å². The van der Waals surface area contributed by atoms with Crippen LogP contribution in [-0.4, -0.2) is 30.0 Å². The number of amides is 1. The number of ether oxygens (including phenoxy) is 1. The van der Waals surface area contributed by atoms with Crippen LogP contribution in [0.4, 0.5) is 0 Å². The average molecular weight is 275 g/mol. The molecule has 1 atom stereocenters. The number of hydrogen-bond donors (Lipinski definition) is 0. The maximum absolute atomic E-state index is 12.2. The van der Waals surface area contributed by atoms with E-state index in [1.807, 2.05) is 31.0 Å². The Morgan fingerprint density at radius 2 is 1.80 bits per heavy atom. The second kappa shape index (κ2) is 5.47. The SMILES string of the molecule is C[C@H](Oc1ccc(C(C)(C)C)cc1)C(=O)N(C)C1CC1. The number of hydrogen-bond acceptors (Lipinski definition) is 2. The highest BCUT2D eigenvalue weighted by atomic mass is 16.5. The first-order valence-electron chi connectivity index (χ1n) is 7.33. The molecule has 0 heterocycles. The van der Waals surface area contributed by atoms with Gasteiger partial charge in [0.2, 0.25) is 0 Å². The molecule has 0 saturated heterocycles. The first-order valence-corrected chi connectivity index (χ1v) is 7.33. The van der Waals surface area contributed by atoms with Crippen LogP contribution in [0.1, 0.15) is 46.1 Å². The van der Waals surface area contributed by atoms with Crippen molar-refractivity contribution in [2.75, 3.05) is 7.05 Å². The van der Waals surface area contributed by atoms with Crippen molar-refractivity contribution >= 4 is 5.91 Å². The maximum Gasteiger partial charge on any atom is 0.263 e. The third kappa shape index (κ3) is 3.53. The van der Waals surface area contributed by atoms with E-state index in [1.54, 1.807) is 0 Å². The molecule has 2 rings (SSSR count). The van der Waals surface area contributed by atoms with E-state index < -0.39 is 6.10 Å². The molecule has 0 aromatic heterocycles. The van der Waals surface area contributed by atoms with Crippen molar-refractivity contribution in [1.29, 1.82) is 0 Å². The number of likely N-dealkylation sites (N-methyl/N-ethyl adjacent to an activating group) is 1. The van der Waals surface area contributed by atoms with Crippen LogP contribution in [0, 0.1) is 0 Å². The van der Waals surface area contributed by atoms with E-state index in [0.717, 1.165) is 18.6 Å². The molecular formula is C17H25NO2. The van der Waals surface area contributed by atoms with Gasteiger partial charge in [0, 0.05) is 13.1 Å². The van der Waals surface area contributed by atoms with Crippen molar-refractivity contribution in [3.8, 4) is 5.75 Å². The summed E-state index contributed by atoms with van der Waals surface area (Å²) in [6.45, 7) is 8.36. The molecule has 0 N–H and O–H groups in total. The minimum absolute atomic E-state index is 0.0624. The normalized spacial score (nSPS) is 16.6. The first-order chi connectivity index (χ1) is 9.29. The Morgan fingerprint density at radius 3 is 2.25 bits per heavy atom. The molecule has 1 saturated carbocycles. The lowest BCUT2D eigenvalue weighted by atomic mass is 9.87. The Bertz CT molecular complexity index is 469. The minimum atomic E-state index is -0.430. The van der Waals surface area contributed by atoms with Crippen molar-refractivity contribution in [3.63, 3.8) is 0 Å². The number of rotatable bonds is 4. The molecule has 1 amide bonds. The zero-order valence-electron chi connectivity index (χ0n) is 13.1. The van der Waals surface area contributed by atoms with Crippen molar-refractivity contribution in [2.45, 2.75) is 58.1 Å². The average Bonchev–Trinajstić information content (AvgIpc) is 3.20. The molecule has 110 valence electrons. The van der Waals surface area contributed by atoms with Crippen LogP contribution >= 0.6 is 0 Å². The van der Waals surface area contributed by atoms with Crippen LogP contribution in [-0.2, 0) is 10.2 Å². The van der Waals surface area contributed by atoms with Crippen molar-refractivity contribution in [2.24, 2.45) is 0 Å². The van der Waals surface area contributed by atoms with Gasteiger partial charge >= 0.3 is 0 Å². The van der Waals surface area contributed by atoms with Crippen LogP contribution in [0.25, 0.3) is 0 Å². The molecule has 0 radical (unpaired) electrons. The van der Waals surface area contributed by atoms with Crippen LogP contribution < -0.4 is 4.74 Å². The highest BCUT2D eigenvalue weighted by Crippen LogP contribution is 2.27. The topological polar surface area (TPSA) is 29.5 Å². The predicted molar refractivity (Wildman–Crippen MR) is 81.0 cm³/mol. The van der Waals surface area contributed by atoms with Crippen LogP contribution in [0.15, 0.2) is 24.3 Å². The van der Waals surface area contributed by atoms with Gasteiger partial charge in [-0.25, -0.2) is 0 Å². The second-order valence-corrected chi connectivity index (χ2v) is 6.71. The molecule has 3 nitrogen and oxygen atoms in total. The van der Waals surface area contributed by atoms with Gasteiger partial charge in [-0.2, -0.15) is 0 Å². The summed E-state index contributed by atoms with van der Waals surface area (Å²) in [4.78, 5) is 14.0. The van der Waals surface area contributed by atoms with Gasteiger partial charge in [-0.05, 0) is 42.9 Å². The van der Waals surface area contributed by atoms with E-state index in [2.05, 4.69) is 32.9 Å². The summed E-state index contributed by atoms with van der Waals surface area (Å²) < 4.78 is 5.75. The Labute approximate surface area is 121 Å². The quantitative estimate of drug-likeness (QED) is 0.843. The number of benzene rings is 1. The Hall–Kier alpha value is -1.51. The molecule has 0 unspecified atom stereocenters. The summed E-state index contributed by atoms with van der Waals surface area (Å²) in [5.41, 5.74) is 1.39. The van der Waals surface area contributed by atoms with Gasteiger partial charge in [-0.1, -0.05) is 32.9 Å². The Kier molecular flexibility index (Phi) is 4.07. The van der Waals surface area contributed by atoms with E-state index in [1.165, 1.54) is 5.56 Å². The lowest BCUT2D eigenvalue weighted by Crippen LogP contribution is -2.39. The first kappa shape index (κ1) is 14.9. The number of nitrogens with zero attached hydrogens (tertiary/aromatic N) is 1. The fraction of sp³-hybridized carbons (Fsp3) is 0.588. The smallest absolute Gasteiger partial charge is 0.263 e. The fourth-order valence-electron chi connectivity index (χ4n) is 2.22. The molecular weight excluding hydrogens is 250 g/mol. The van der Waals surface area contributed by atoms with Gasteiger partial charge in [0.1, 0.15) is 5.75 Å². The third-order valence-corrected chi connectivity index (χ3v) is 3.82. The van der Waals surface area contributed by atoms with Gasteiger partial charge in [0.05, 0.1) is 0 Å². The lowest BCUT2D eigenvalue weighted by molar-refractivity contribution is -0.137. The number of carbonyl (C=O) groups excluding carboxylic acids is 1. The van der Waals surface area contributed by atoms with Gasteiger partial charge in [-0.3, -0.25) is 4.79 Å². The molecule has 1 aromatic rings. The molecule has 3 heteroatoms. The van der Waals surface area contributed by atoms with E-state index in [4.69, 9.17) is 4.74 Å². The highest BCUT2D eigenvalue weighted by Gasteiger charge is 2.32. The zero-order valence-corrected chi connectivity index (χ0v) is 13.1. The molecule has 20 heavy (non-hydrogen) atoms. The largest absolute Gasteiger partial charge is 0.481 e. The summed E-state index contributed by atoms with van der Waals surface area (Å²) >= 11 is 0. The van der Waals surface area contributed by atoms with E-state index in [9.17, 15) is 4.79 Å².